The van der Waals surface area contributed by atoms with Crippen molar-refractivity contribution in [3.8, 4) is 11.8 Å². The van der Waals surface area contributed by atoms with E-state index in [9.17, 15) is 4.79 Å². The van der Waals surface area contributed by atoms with Crippen LogP contribution in [0.15, 0.2) is 24.4 Å². The molecule has 0 bridgehead atoms. The molecule has 0 saturated carbocycles. The van der Waals surface area contributed by atoms with Gasteiger partial charge in [-0.15, -0.1) is 0 Å². The summed E-state index contributed by atoms with van der Waals surface area (Å²) in [6, 6.07) is 5.07. The third-order valence-corrected chi connectivity index (χ3v) is 3.18. The Balaban J connectivity index is 2.44. The van der Waals surface area contributed by atoms with Gasteiger partial charge in [-0.2, -0.15) is 4.98 Å². The molecule has 0 unspecified atom stereocenters. The number of ketones is 1. The zero-order chi connectivity index (χ0) is 14.7. The number of aryl methyl sites for hydroxylation is 1. The van der Waals surface area contributed by atoms with Crippen LogP contribution in [0.1, 0.15) is 21.6 Å². The van der Waals surface area contributed by atoms with Crippen LogP contribution in [0.25, 0.3) is 0 Å². The summed E-state index contributed by atoms with van der Waals surface area (Å²) in [5.74, 6) is 0.0882. The summed E-state index contributed by atoms with van der Waals surface area (Å²) in [6.07, 6.45) is 1.37. The Hall–Kier alpha value is -2.14. The number of ether oxygens (including phenoxy) is 2. The Morgan fingerprint density at radius 1 is 1.25 bits per heavy atom. The van der Waals surface area contributed by atoms with Crippen LogP contribution in [0.5, 0.6) is 11.8 Å². The largest absolute Gasteiger partial charge is 0.480 e. The molecular weight excluding hydrogens is 280 g/mol. The van der Waals surface area contributed by atoms with E-state index in [1.807, 2.05) is 6.92 Å². The van der Waals surface area contributed by atoms with Gasteiger partial charge in [0.05, 0.1) is 20.4 Å². The average molecular weight is 293 g/mol. The molecule has 5 nitrogen and oxygen atoms in total. The summed E-state index contributed by atoms with van der Waals surface area (Å²) in [6.45, 7) is 1.87. The number of benzene rings is 1. The van der Waals surface area contributed by atoms with Crippen molar-refractivity contribution in [2.45, 2.75) is 6.92 Å². The molecule has 2 rings (SSSR count). The lowest BCUT2D eigenvalue weighted by Crippen LogP contribution is -2.09. The van der Waals surface area contributed by atoms with Crippen molar-refractivity contribution in [3.63, 3.8) is 0 Å². The SMILES string of the molecule is COc1cnc(C(=O)c2ccc(C)c(Cl)c2)c(OC)n1. The molecular formula is C14H13ClN2O3. The van der Waals surface area contributed by atoms with Gasteiger partial charge in [0.25, 0.3) is 0 Å². The molecule has 0 radical (unpaired) electrons. The highest BCUT2D eigenvalue weighted by Crippen LogP contribution is 2.23. The minimum Gasteiger partial charge on any atom is -0.480 e. The number of hydrogen-bond acceptors (Lipinski definition) is 5. The number of rotatable bonds is 4. The van der Waals surface area contributed by atoms with E-state index in [0.717, 1.165) is 5.56 Å². The number of carbonyl (C=O) groups is 1. The first-order chi connectivity index (χ1) is 9.56. The van der Waals surface area contributed by atoms with Crippen LogP contribution in [-0.2, 0) is 0 Å². The molecule has 1 aromatic heterocycles. The first-order valence-corrected chi connectivity index (χ1v) is 6.20. The number of hydrogen-bond donors (Lipinski definition) is 0. The summed E-state index contributed by atoms with van der Waals surface area (Å²) in [5, 5.41) is 0.524. The van der Waals surface area contributed by atoms with E-state index in [1.165, 1.54) is 20.4 Å². The monoisotopic (exact) mass is 292 g/mol. The molecule has 2 aromatic rings. The molecule has 1 aromatic carbocycles. The summed E-state index contributed by atoms with van der Waals surface area (Å²) in [5.41, 5.74) is 1.45. The van der Waals surface area contributed by atoms with Crippen LogP contribution < -0.4 is 9.47 Å². The third-order valence-electron chi connectivity index (χ3n) is 2.77. The third kappa shape index (κ3) is 2.72. The number of nitrogens with zero attached hydrogens (tertiary/aromatic N) is 2. The predicted octanol–water partition coefficient (Wildman–Crippen LogP) is 2.69. The second-order valence-electron chi connectivity index (χ2n) is 4.06. The predicted molar refractivity (Wildman–Crippen MR) is 74.8 cm³/mol. The van der Waals surface area contributed by atoms with Gasteiger partial charge >= 0.3 is 0 Å². The van der Waals surface area contributed by atoms with Gasteiger partial charge < -0.3 is 9.47 Å². The molecule has 104 valence electrons. The van der Waals surface area contributed by atoms with Crippen LogP contribution >= 0.6 is 11.6 Å². The van der Waals surface area contributed by atoms with Crippen LogP contribution in [0.4, 0.5) is 0 Å². The Labute approximate surface area is 121 Å². The van der Waals surface area contributed by atoms with E-state index in [1.54, 1.807) is 18.2 Å². The summed E-state index contributed by atoms with van der Waals surface area (Å²) < 4.78 is 10.0. The molecule has 0 saturated heterocycles. The van der Waals surface area contributed by atoms with Crippen molar-refractivity contribution in [2.75, 3.05) is 14.2 Å². The normalized spacial score (nSPS) is 10.2. The quantitative estimate of drug-likeness (QED) is 0.811. The molecule has 6 heteroatoms. The van der Waals surface area contributed by atoms with Crippen LogP contribution in [-0.4, -0.2) is 30.0 Å². The fraction of sp³-hybridized carbons (Fsp3) is 0.214. The smallest absolute Gasteiger partial charge is 0.247 e. The fourth-order valence-corrected chi connectivity index (χ4v) is 1.80. The highest BCUT2D eigenvalue weighted by Gasteiger charge is 2.19. The highest BCUT2D eigenvalue weighted by molar-refractivity contribution is 6.31. The second kappa shape index (κ2) is 5.88. The van der Waals surface area contributed by atoms with Gasteiger partial charge in [-0.1, -0.05) is 23.7 Å². The molecule has 0 atom stereocenters. The van der Waals surface area contributed by atoms with E-state index < -0.39 is 0 Å². The number of halogens is 1. The minimum absolute atomic E-state index is 0.117. The summed E-state index contributed by atoms with van der Waals surface area (Å²) in [7, 11) is 2.88. The van der Waals surface area contributed by atoms with Gasteiger partial charge in [0, 0.05) is 10.6 Å². The topological polar surface area (TPSA) is 61.3 Å². The van der Waals surface area contributed by atoms with Crippen LogP contribution in [0.2, 0.25) is 5.02 Å². The van der Waals surface area contributed by atoms with Gasteiger partial charge in [0.2, 0.25) is 17.5 Å². The van der Waals surface area contributed by atoms with E-state index in [2.05, 4.69) is 9.97 Å². The Bertz CT molecular complexity index is 659. The maximum atomic E-state index is 12.4. The lowest BCUT2D eigenvalue weighted by atomic mass is 10.1. The first-order valence-electron chi connectivity index (χ1n) is 5.82. The van der Waals surface area contributed by atoms with Gasteiger partial charge in [-0.25, -0.2) is 4.98 Å². The first kappa shape index (κ1) is 14.3. The summed E-state index contributed by atoms with van der Waals surface area (Å²) >= 11 is 6.03. The highest BCUT2D eigenvalue weighted by atomic mass is 35.5. The van der Waals surface area contributed by atoms with Crippen molar-refractivity contribution in [1.29, 1.82) is 0 Å². The van der Waals surface area contributed by atoms with Crippen molar-refractivity contribution in [2.24, 2.45) is 0 Å². The van der Waals surface area contributed by atoms with Gasteiger partial charge in [-0.05, 0) is 18.6 Å². The van der Waals surface area contributed by atoms with Gasteiger partial charge in [0.15, 0.2) is 5.69 Å². The zero-order valence-corrected chi connectivity index (χ0v) is 12.1. The van der Waals surface area contributed by atoms with Gasteiger partial charge in [0.1, 0.15) is 0 Å². The van der Waals surface area contributed by atoms with E-state index in [-0.39, 0.29) is 23.2 Å². The Morgan fingerprint density at radius 3 is 2.60 bits per heavy atom. The van der Waals surface area contributed by atoms with Crippen molar-refractivity contribution in [1.82, 2.24) is 9.97 Å². The standard InChI is InChI=1S/C14H13ClN2O3/c1-8-4-5-9(6-10(8)15)13(18)12-14(20-3)17-11(19-2)7-16-12/h4-7H,1-3H3. The van der Waals surface area contributed by atoms with Crippen molar-refractivity contribution in [3.05, 3.63) is 46.2 Å². The molecule has 0 fully saturated rings. The fourth-order valence-electron chi connectivity index (χ4n) is 1.62. The lowest BCUT2D eigenvalue weighted by molar-refractivity contribution is 0.103. The van der Waals surface area contributed by atoms with Crippen LogP contribution in [0, 0.1) is 6.92 Å². The lowest BCUT2D eigenvalue weighted by Gasteiger charge is -2.08. The Kier molecular flexibility index (Phi) is 4.20. The molecule has 0 aliphatic carbocycles. The van der Waals surface area contributed by atoms with E-state index in [4.69, 9.17) is 21.1 Å². The van der Waals surface area contributed by atoms with Crippen LogP contribution in [0.3, 0.4) is 0 Å². The summed E-state index contributed by atoms with van der Waals surface area (Å²) in [4.78, 5) is 20.5. The van der Waals surface area contributed by atoms with Crippen molar-refractivity contribution < 1.29 is 14.3 Å². The number of aromatic nitrogens is 2. The molecule has 0 aliphatic heterocycles. The van der Waals surface area contributed by atoms with E-state index >= 15 is 0 Å². The molecule has 20 heavy (non-hydrogen) atoms. The minimum atomic E-state index is -0.307. The molecule has 0 spiro atoms. The van der Waals surface area contributed by atoms with Crippen molar-refractivity contribution >= 4 is 17.4 Å². The molecule has 0 amide bonds. The average Bonchev–Trinajstić information content (AvgIpc) is 2.48. The molecule has 0 N–H and O–H groups in total. The maximum Gasteiger partial charge on any atom is 0.247 e. The zero-order valence-electron chi connectivity index (χ0n) is 11.3. The number of methoxy groups -OCH3 is 2. The second-order valence-corrected chi connectivity index (χ2v) is 4.47. The molecule has 1 heterocycles. The van der Waals surface area contributed by atoms with E-state index in [0.29, 0.717) is 10.6 Å². The maximum absolute atomic E-state index is 12.4. The number of carbonyl (C=O) groups excluding carboxylic acids is 1. The van der Waals surface area contributed by atoms with Gasteiger partial charge in [-0.3, -0.25) is 4.79 Å². The molecule has 0 aliphatic rings. The Morgan fingerprint density at radius 2 is 2.00 bits per heavy atom.